The van der Waals surface area contributed by atoms with Crippen LogP contribution in [0.25, 0.3) is 11.4 Å². The molecule has 0 radical (unpaired) electrons. The highest BCUT2D eigenvalue weighted by atomic mass is 32.2. The predicted molar refractivity (Wildman–Crippen MR) is 150 cm³/mol. The second-order valence-corrected chi connectivity index (χ2v) is 11.6. The van der Waals surface area contributed by atoms with E-state index in [4.69, 9.17) is 9.47 Å². The highest BCUT2D eigenvalue weighted by Gasteiger charge is 2.27. The van der Waals surface area contributed by atoms with Crippen molar-refractivity contribution >= 4 is 40.0 Å². The van der Waals surface area contributed by atoms with Crippen LogP contribution < -0.4 is 10.1 Å². The summed E-state index contributed by atoms with van der Waals surface area (Å²) < 4.78 is 13.4. The van der Waals surface area contributed by atoms with Gasteiger partial charge in [0.2, 0.25) is 5.91 Å². The molecule has 0 saturated heterocycles. The highest BCUT2D eigenvalue weighted by Crippen LogP contribution is 2.39. The Morgan fingerprint density at radius 1 is 1.08 bits per heavy atom. The predicted octanol–water partition coefficient (Wildman–Crippen LogP) is 6.13. The SMILES string of the molecule is CCOC(=O)c1c(NC(=O)CSc2nnc(-c3ccc(OC4CCCC4)cc3)n2CC)sc2c1CCCC2. The number of nitrogens with zero attached hydrogens (tertiary/aromatic N) is 3. The number of carbonyl (C=O) groups is 2. The second kappa shape index (κ2) is 12.3. The Labute approximate surface area is 231 Å². The number of ether oxygens (including phenoxy) is 2. The molecule has 2 aromatic heterocycles. The molecule has 8 nitrogen and oxygen atoms in total. The Balaban J connectivity index is 1.24. The number of hydrogen-bond acceptors (Lipinski definition) is 8. The number of thiophene rings is 1. The van der Waals surface area contributed by atoms with Gasteiger partial charge in [-0.2, -0.15) is 0 Å². The number of fused-ring (bicyclic) bond motifs is 1. The number of thioether (sulfide) groups is 1. The molecule has 2 heterocycles. The molecule has 1 fully saturated rings. The number of aryl methyl sites for hydroxylation is 1. The first kappa shape index (κ1) is 26.7. The van der Waals surface area contributed by atoms with E-state index in [1.165, 1.54) is 40.8 Å². The molecule has 0 unspecified atom stereocenters. The fraction of sp³-hybridized carbons (Fsp3) is 0.500. The van der Waals surface area contributed by atoms with Gasteiger partial charge in [-0.3, -0.25) is 4.79 Å². The molecular weight excluding hydrogens is 520 g/mol. The second-order valence-electron chi connectivity index (χ2n) is 9.57. The lowest BCUT2D eigenvalue weighted by molar-refractivity contribution is -0.113. The molecule has 202 valence electrons. The third-order valence-electron chi connectivity index (χ3n) is 6.99. The van der Waals surface area contributed by atoms with E-state index in [0.29, 0.717) is 35.0 Å². The molecule has 1 saturated carbocycles. The summed E-state index contributed by atoms with van der Waals surface area (Å²) in [4.78, 5) is 26.8. The zero-order valence-corrected chi connectivity index (χ0v) is 23.6. The zero-order valence-electron chi connectivity index (χ0n) is 22.0. The molecule has 38 heavy (non-hydrogen) atoms. The standard InChI is InChI=1S/C28H34N4O4S2/c1-3-32-25(18-13-15-20(16-14-18)36-19-9-5-6-10-19)30-31-28(32)37-17-23(33)29-26-24(27(34)35-4-2)21-11-7-8-12-22(21)38-26/h13-16,19H,3-12,17H2,1-2H3,(H,29,33). The van der Waals surface area contributed by atoms with Gasteiger partial charge in [0, 0.05) is 17.0 Å². The van der Waals surface area contributed by atoms with Crippen LogP contribution in [0, 0.1) is 0 Å². The van der Waals surface area contributed by atoms with E-state index < -0.39 is 0 Å². The summed E-state index contributed by atoms with van der Waals surface area (Å²) >= 11 is 2.84. The lowest BCUT2D eigenvalue weighted by Crippen LogP contribution is -2.17. The Hall–Kier alpha value is -2.85. The van der Waals surface area contributed by atoms with Crippen molar-refractivity contribution in [3.63, 3.8) is 0 Å². The molecule has 1 aromatic carbocycles. The summed E-state index contributed by atoms with van der Waals surface area (Å²) in [5.74, 6) is 1.27. The molecule has 10 heteroatoms. The number of esters is 1. The van der Waals surface area contributed by atoms with Crippen LogP contribution in [-0.4, -0.2) is 45.1 Å². The molecule has 3 aromatic rings. The molecule has 1 N–H and O–H groups in total. The van der Waals surface area contributed by atoms with Crippen molar-refractivity contribution in [2.45, 2.75) is 83.0 Å². The number of rotatable bonds is 10. The molecule has 2 aliphatic carbocycles. The van der Waals surface area contributed by atoms with Crippen LogP contribution in [0.1, 0.15) is 73.2 Å². The van der Waals surface area contributed by atoms with Gasteiger partial charge in [0.05, 0.1) is 24.0 Å². The number of benzene rings is 1. The molecule has 2 aliphatic rings. The smallest absolute Gasteiger partial charge is 0.341 e. The van der Waals surface area contributed by atoms with Gasteiger partial charge in [-0.15, -0.1) is 21.5 Å². The van der Waals surface area contributed by atoms with E-state index in [1.807, 2.05) is 35.8 Å². The Morgan fingerprint density at radius 2 is 1.84 bits per heavy atom. The van der Waals surface area contributed by atoms with Crippen molar-refractivity contribution in [1.29, 1.82) is 0 Å². The summed E-state index contributed by atoms with van der Waals surface area (Å²) in [5, 5.41) is 13.0. The number of anilines is 1. The summed E-state index contributed by atoms with van der Waals surface area (Å²) in [6, 6.07) is 8.00. The maximum atomic E-state index is 12.9. The van der Waals surface area contributed by atoms with Gasteiger partial charge in [-0.1, -0.05) is 11.8 Å². The number of nitrogens with one attached hydrogen (secondary N) is 1. The maximum Gasteiger partial charge on any atom is 0.341 e. The maximum absolute atomic E-state index is 12.9. The van der Waals surface area contributed by atoms with Crippen molar-refractivity contribution in [3.8, 4) is 17.1 Å². The van der Waals surface area contributed by atoms with Gasteiger partial charge in [-0.25, -0.2) is 4.79 Å². The quantitative estimate of drug-likeness (QED) is 0.238. The minimum absolute atomic E-state index is 0.164. The van der Waals surface area contributed by atoms with Crippen LogP contribution in [0.15, 0.2) is 29.4 Å². The third-order valence-corrected chi connectivity index (χ3v) is 9.16. The first-order valence-electron chi connectivity index (χ1n) is 13.5. The van der Waals surface area contributed by atoms with Crippen molar-refractivity contribution in [2.24, 2.45) is 0 Å². The largest absolute Gasteiger partial charge is 0.490 e. The van der Waals surface area contributed by atoms with Crippen LogP contribution in [0.2, 0.25) is 0 Å². The van der Waals surface area contributed by atoms with E-state index in [1.54, 1.807) is 6.92 Å². The van der Waals surface area contributed by atoms with Crippen LogP contribution in [0.5, 0.6) is 5.75 Å². The van der Waals surface area contributed by atoms with Crippen molar-refractivity contribution < 1.29 is 19.1 Å². The Morgan fingerprint density at radius 3 is 2.58 bits per heavy atom. The van der Waals surface area contributed by atoms with Gasteiger partial charge < -0.3 is 19.4 Å². The Bertz CT molecular complexity index is 1280. The van der Waals surface area contributed by atoms with E-state index in [0.717, 1.165) is 61.2 Å². The molecule has 0 atom stereocenters. The molecule has 0 spiro atoms. The van der Waals surface area contributed by atoms with Crippen molar-refractivity contribution in [3.05, 3.63) is 40.3 Å². The topological polar surface area (TPSA) is 95.3 Å². The van der Waals surface area contributed by atoms with Gasteiger partial charge in [-0.05, 0) is 95.0 Å². The third kappa shape index (κ3) is 5.91. The van der Waals surface area contributed by atoms with E-state index in [2.05, 4.69) is 15.5 Å². The van der Waals surface area contributed by atoms with Crippen LogP contribution >= 0.6 is 23.1 Å². The van der Waals surface area contributed by atoms with Crippen LogP contribution in [0.4, 0.5) is 5.00 Å². The first-order chi connectivity index (χ1) is 18.6. The molecular formula is C28H34N4O4S2. The summed E-state index contributed by atoms with van der Waals surface area (Å²) in [6.45, 7) is 4.81. The number of hydrogen-bond donors (Lipinski definition) is 1. The summed E-state index contributed by atoms with van der Waals surface area (Å²) in [7, 11) is 0. The van der Waals surface area contributed by atoms with Crippen molar-refractivity contribution in [2.75, 3.05) is 17.7 Å². The minimum atomic E-state index is -0.357. The lowest BCUT2D eigenvalue weighted by atomic mass is 9.95. The van der Waals surface area contributed by atoms with E-state index in [-0.39, 0.29) is 17.6 Å². The molecule has 1 amide bonds. The summed E-state index contributed by atoms with van der Waals surface area (Å²) in [5.41, 5.74) is 2.53. The monoisotopic (exact) mass is 554 g/mol. The van der Waals surface area contributed by atoms with Crippen LogP contribution in [-0.2, 0) is 28.9 Å². The highest BCUT2D eigenvalue weighted by molar-refractivity contribution is 7.99. The van der Waals surface area contributed by atoms with Gasteiger partial charge >= 0.3 is 5.97 Å². The lowest BCUT2D eigenvalue weighted by Gasteiger charge is -2.13. The number of amides is 1. The number of carbonyl (C=O) groups excluding carboxylic acids is 2. The average Bonchev–Trinajstić information content (AvgIpc) is 3.66. The van der Waals surface area contributed by atoms with Gasteiger partial charge in [0.25, 0.3) is 0 Å². The van der Waals surface area contributed by atoms with E-state index >= 15 is 0 Å². The van der Waals surface area contributed by atoms with Crippen molar-refractivity contribution in [1.82, 2.24) is 14.8 Å². The molecule has 5 rings (SSSR count). The van der Waals surface area contributed by atoms with Gasteiger partial charge in [0.1, 0.15) is 10.8 Å². The van der Waals surface area contributed by atoms with E-state index in [9.17, 15) is 9.59 Å². The minimum Gasteiger partial charge on any atom is -0.490 e. The Kier molecular flexibility index (Phi) is 8.68. The summed E-state index contributed by atoms with van der Waals surface area (Å²) in [6.07, 6.45) is 8.98. The normalized spacial score (nSPS) is 15.3. The molecule has 0 aliphatic heterocycles. The first-order valence-corrected chi connectivity index (χ1v) is 15.3. The molecule has 0 bridgehead atoms. The fourth-order valence-corrected chi connectivity index (χ4v) is 7.24. The van der Waals surface area contributed by atoms with Crippen LogP contribution in [0.3, 0.4) is 0 Å². The number of aromatic nitrogens is 3. The van der Waals surface area contributed by atoms with Gasteiger partial charge in [0.15, 0.2) is 11.0 Å². The fourth-order valence-electron chi connectivity index (χ4n) is 5.14. The zero-order chi connectivity index (χ0) is 26.5. The average molecular weight is 555 g/mol.